The number of carbonyl (C=O) groups is 2. The summed E-state index contributed by atoms with van der Waals surface area (Å²) < 4.78 is 6.07. The molecule has 3 heteroatoms. The van der Waals surface area contributed by atoms with Crippen LogP contribution in [0.1, 0.15) is 79.6 Å². The Hall–Kier alpha value is -1.38. The number of rotatable bonds is 3. The molecule has 7 aliphatic carbocycles. The molecule has 0 amide bonds. The second-order valence-electron chi connectivity index (χ2n) is 14.1. The van der Waals surface area contributed by atoms with Gasteiger partial charge in [0, 0.05) is 17.4 Å². The summed E-state index contributed by atoms with van der Waals surface area (Å²) in [5.41, 5.74) is 3.19. The van der Waals surface area contributed by atoms with Crippen molar-refractivity contribution >= 4 is 11.8 Å². The number of carbonyl (C=O) groups excluding carboxylic acids is 2. The van der Waals surface area contributed by atoms with Gasteiger partial charge in [-0.15, -0.1) is 0 Å². The zero-order chi connectivity index (χ0) is 23.6. The predicted molar refractivity (Wildman–Crippen MR) is 129 cm³/mol. The lowest BCUT2D eigenvalue weighted by atomic mass is 9.49. The van der Waals surface area contributed by atoms with E-state index >= 15 is 0 Å². The van der Waals surface area contributed by atoms with E-state index < -0.39 is 0 Å². The smallest absolute Gasteiger partial charge is 0.334 e. The number of ether oxygens (including phenoxy) is 1. The van der Waals surface area contributed by atoms with Crippen LogP contribution >= 0.6 is 0 Å². The molecule has 0 bridgehead atoms. The van der Waals surface area contributed by atoms with Crippen LogP contribution in [0.25, 0.3) is 0 Å². The van der Waals surface area contributed by atoms with E-state index in [9.17, 15) is 9.59 Å². The summed E-state index contributed by atoms with van der Waals surface area (Å²) in [6.07, 6.45) is 12.5. The molecule has 13 atom stereocenters. The molecule has 13 unspecified atom stereocenters. The number of hydrogen-bond acceptors (Lipinski definition) is 3. The quantitative estimate of drug-likeness (QED) is 0.476. The van der Waals surface area contributed by atoms with Crippen LogP contribution in [0.15, 0.2) is 23.3 Å². The van der Waals surface area contributed by atoms with Crippen LogP contribution in [-0.2, 0) is 14.3 Å². The SMILES string of the molecule is CCC1=C(C)CC(C(C)C2CCC3C4CC5C6C7C=CC(=O)C8(C(C)C48CCC23C)C756)OC1=O. The topological polar surface area (TPSA) is 43.4 Å². The maximum absolute atomic E-state index is 13.6. The van der Waals surface area contributed by atoms with Crippen LogP contribution in [-0.4, -0.2) is 17.9 Å². The molecule has 0 aromatic rings. The summed E-state index contributed by atoms with van der Waals surface area (Å²) in [7, 11) is 0. The summed E-state index contributed by atoms with van der Waals surface area (Å²) >= 11 is 0. The molecule has 0 N–H and O–H groups in total. The Morgan fingerprint density at radius 3 is 2.68 bits per heavy atom. The minimum Gasteiger partial charge on any atom is -0.458 e. The number of hydrogen-bond donors (Lipinski definition) is 0. The molecule has 8 rings (SSSR count). The zero-order valence-electron chi connectivity index (χ0n) is 21.5. The fourth-order valence-corrected chi connectivity index (χ4v) is 13.0. The van der Waals surface area contributed by atoms with Gasteiger partial charge >= 0.3 is 5.97 Å². The van der Waals surface area contributed by atoms with Gasteiger partial charge in [-0.3, -0.25) is 4.79 Å². The average molecular weight is 461 g/mol. The van der Waals surface area contributed by atoms with Gasteiger partial charge in [0.15, 0.2) is 5.78 Å². The molecule has 0 radical (unpaired) electrons. The van der Waals surface area contributed by atoms with E-state index in [4.69, 9.17) is 4.74 Å². The summed E-state index contributed by atoms with van der Waals surface area (Å²) in [6, 6.07) is 0. The normalized spacial score (nSPS) is 60.4. The highest BCUT2D eigenvalue weighted by atomic mass is 16.5. The van der Waals surface area contributed by atoms with Gasteiger partial charge in [-0.05, 0) is 115 Å². The molecule has 0 aromatic carbocycles. The molecule has 3 nitrogen and oxygen atoms in total. The van der Waals surface area contributed by atoms with Crippen molar-refractivity contribution < 1.29 is 14.3 Å². The highest BCUT2D eigenvalue weighted by Crippen LogP contribution is 3.06. The number of allylic oxidation sites excluding steroid dienone is 2. The molecule has 3 spiro atoms. The average Bonchev–Trinajstić information content (AvgIpc) is 3.71. The van der Waals surface area contributed by atoms with E-state index in [2.05, 4.69) is 40.7 Å². The highest BCUT2D eigenvalue weighted by molar-refractivity contribution is 6.03. The second-order valence-corrected chi connectivity index (χ2v) is 14.1. The van der Waals surface area contributed by atoms with Crippen molar-refractivity contribution in [3.8, 4) is 0 Å². The van der Waals surface area contributed by atoms with E-state index in [0.29, 0.717) is 39.8 Å². The Kier molecular flexibility index (Phi) is 3.53. The van der Waals surface area contributed by atoms with Crippen molar-refractivity contribution in [1.29, 1.82) is 0 Å². The third-order valence-corrected chi connectivity index (χ3v) is 14.2. The summed E-state index contributed by atoms with van der Waals surface area (Å²) in [5, 5.41) is 0. The van der Waals surface area contributed by atoms with E-state index in [1.165, 1.54) is 37.7 Å². The molecule has 0 aromatic heterocycles. The first-order valence-corrected chi connectivity index (χ1v) is 14.3. The van der Waals surface area contributed by atoms with Crippen LogP contribution < -0.4 is 0 Å². The number of esters is 1. The Morgan fingerprint density at radius 1 is 1.15 bits per heavy atom. The molecule has 6 fully saturated rings. The maximum atomic E-state index is 13.6. The second kappa shape index (κ2) is 5.78. The Morgan fingerprint density at radius 2 is 1.94 bits per heavy atom. The van der Waals surface area contributed by atoms with Crippen LogP contribution in [0.4, 0.5) is 0 Å². The van der Waals surface area contributed by atoms with Crippen molar-refractivity contribution in [2.45, 2.75) is 85.7 Å². The molecular weight excluding hydrogens is 420 g/mol. The lowest BCUT2D eigenvalue weighted by Crippen LogP contribution is -2.51. The van der Waals surface area contributed by atoms with Crippen LogP contribution in [0.2, 0.25) is 0 Å². The maximum Gasteiger partial charge on any atom is 0.334 e. The first kappa shape index (κ1) is 20.8. The molecule has 1 heterocycles. The van der Waals surface area contributed by atoms with E-state index in [-0.39, 0.29) is 17.5 Å². The van der Waals surface area contributed by atoms with Gasteiger partial charge in [0.1, 0.15) is 6.10 Å². The fourth-order valence-electron chi connectivity index (χ4n) is 13.0. The van der Waals surface area contributed by atoms with Crippen LogP contribution in [0, 0.1) is 69.0 Å². The first-order valence-electron chi connectivity index (χ1n) is 14.3. The third kappa shape index (κ3) is 1.76. The third-order valence-electron chi connectivity index (χ3n) is 14.2. The summed E-state index contributed by atoms with van der Waals surface area (Å²) in [4.78, 5) is 26.3. The minimum atomic E-state index is -0.0666. The van der Waals surface area contributed by atoms with Gasteiger partial charge in [0.05, 0.1) is 0 Å². The number of ketones is 1. The van der Waals surface area contributed by atoms with E-state index in [1.54, 1.807) is 0 Å². The predicted octanol–water partition coefficient (Wildman–Crippen LogP) is 6.13. The lowest BCUT2D eigenvalue weighted by Gasteiger charge is -2.55. The molecule has 0 saturated heterocycles. The van der Waals surface area contributed by atoms with Crippen LogP contribution in [0.5, 0.6) is 0 Å². The lowest BCUT2D eigenvalue weighted by molar-refractivity contribution is -0.152. The zero-order valence-corrected chi connectivity index (χ0v) is 21.5. The molecule has 8 aliphatic rings. The monoisotopic (exact) mass is 460 g/mol. The minimum absolute atomic E-state index is 0.0139. The van der Waals surface area contributed by atoms with Crippen molar-refractivity contribution in [2.24, 2.45) is 69.0 Å². The van der Waals surface area contributed by atoms with E-state index in [1.807, 2.05) is 6.08 Å². The molecular formula is C31H40O3. The first-order chi connectivity index (χ1) is 16.2. The Balaban J connectivity index is 1.11. The molecule has 1 aliphatic heterocycles. The summed E-state index contributed by atoms with van der Waals surface area (Å²) in [6.45, 7) is 11.6. The number of fused-ring (bicyclic) bond motifs is 4. The standard InChI is InChI=1S/C31H40O3/c1-6-18-15(2)13-24(34-27(18)33)16(3)19-7-8-20-22-14-23-26-21-9-10-25(32)31(30(21,23)26)17(4)29(22,31)12-11-28(19,20)5/h9-10,16-17,19-24,26H,6-8,11-14H2,1-5H3. The van der Waals surface area contributed by atoms with Gasteiger partial charge in [-0.2, -0.15) is 0 Å². The molecule has 34 heavy (non-hydrogen) atoms. The van der Waals surface area contributed by atoms with Crippen molar-refractivity contribution in [2.75, 3.05) is 0 Å². The van der Waals surface area contributed by atoms with Crippen molar-refractivity contribution in [3.63, 3.8) is 0 Å². The largest absolute Gasteiger partial charge is 0.458 e. The van der Waals surface area contributed by atoms with E-state index in [0.717, 1.165) is 48.0 Å². The Labute approximate surface area is 204 Å². The van der Waals surface area contributed by atoms with Crippen molar-refractivity contribution in [1.82, 2.24) is 0 Å². The van der Waals surface area contributed by atoms with Gasteiger partial charge in [0.25, 0.3) is 0 Å². The van der Waals surface area contributed by atoms with Crippen molar-refractivity contribution in [3.05, 3.63) is 23.3 Å². The van der Waals surface area contributed by atoms with Crippen LogP contribution in [0.3, 0.4) is 0 Å². The van der Waals surface area contributed by atoms with Gasteiger partial charge in [-0.25, -0.2) is 4.79 Å². The molecule has 6 saturated carbocycles. The highest BCUT2D eigenvalue weighted by Gasteiger charge is 3.05. The van der Waals surface area contributed by atoms with Gasteiger partial charge < -0.3 is 4.74 Å². The Bertz CT molecular complexity index is 1120. The fraction of sp³-hybridized carbons (Fsp3) is 0.806. The molecule has 182 valence electrons. The number of cyclic esters (lactones) is 1. The van der Waals surface area contributed by atoms with Gasteiger partial charge in [0.2, 0.25) is 0 Å². The summed E-state index contributed by atoms with van der Waals surface area (Å²) in [5.74, 6) is 5.96. The van der Waals surface area contributed by atoms with Gasteiger partial charge in [-0.1, -0.05) is 39.3 Å².